The minimum atomic E-state index is -0.106. The van der Waals surface area contributed by atoms with E-state index in [0.717, 1.165) is 43.3 Å². The minimum absolute atomic E-state index is 0.106. The van der Waals surface area contributed by atoms with E-state index in [9.17, 15) is 9.59 Å². The fourth-order valence-corrected chi connectivity index (χ4v) is 4.24. The van der Waals surface area contributed by atoms with Crippen molar-refractivity contribution in [3.63, 3.8) is 0 Å². The molecule has 0 N–H and O–H groups in total. The van der Waals surface area contributed by atoms with Crippen LogP contribution >= 0.6 is 0 Å². The Balaban J connectivity index is 1.55. The van der Waals surface area contributed by atoms with Crippen molar-refractivity contribution >= 4 is 17.5 Å². The molecular formula is C21H17NO2. The molecule has 0 unspecified atom stereocenters. The zero-order valence-electron chi connectivity index (χ0n) is 13.3. The Morgan fingerprint density at radius 1 is 0.750 bits per heavy atom. The van der Waals surface area contributed by atoms with E-state index in [1.54, 1.807) is 0 Å². The summed E-state index contributed by atoms with van der Waals surface area (Å²) in [5.74, 6) is -0.213. The van der Waals surface area contributed by atoms with Gasteiger partial charge in [0.2, 0.25) is 0 Å². The van der Waals surface area contributed by atoms with Gasteiger partial charge in [-0.15, -0.1) is 0 Å². The van der Waals surface area contributed by atoms with Gasteiger partial charge < -0.3 is 0 Å². The van der Waals surface area contributed by atoms with Crippen LogP contribution in [0, 0.1) is 0 Å². The number of carbonyl (C=O) groups is 2. The molecule has 0 spiro atoms. The highest BCUT2D eigenvalue weighted by atomic mass is 16.2. The van der Waals surface area contributed by atoms with Crippen LogP contribution in [-0.4, -0.2) is 11.8 Å². The first kappa shape index (κ1) is 13.7. The molecule has 0 radical (unpaired) electrons. The zero-order chi connectivity index (χ0) is 16.3. The van der Waals surface area contributed by atoms with Crippen molar-refractivity contribution in [1.82, 2.24) is 0 Å². The third-order valence-electron chi connectivity index (χ3n) is 5.43. The van der Waals surface area contributed by atoms with Gasteiger partial charge in [-0.2, -0.15) is 0 Å². The molecule has 5 rings (SSSR count). The van der Waals surface area contributed by atoms with Gasteiger partial charge in [0, 0.05) is 11.1 Å². The van der Waals surface area contributed by atoms with Gasteiger partial charge in [0.05, 0.1) is 5.69 Å². The van der Waals surface area contributed by atoms with Crippen LogP contribution in [0.4, 0.5) is 5.69 Å². The molecule has 2 amide bonds. The van der Waals surface area contributed by atoms with Crippen LogP contribution in [0.2, 0.25) is 0 Å². The lowest BCUT2D eigenvalue weighted by atomic mass is 9.93. The van der Waals surface area contributed by atoms with Gasteiger partial charge >= 0.3 is 0 Å². The molecule has 2 aromatic carbocycles. The second-order valence-electron chi connectivity index (χ2n) is 6.79. The topological polar surface area (TPSA) is 37.4 Å². The minimum Gasteiger partial charge on any atom is -0.269 e. The van der Waals surface area contributed by atoms with E-state index in [1.807, 2.05) is 24.3 Å². The maximum absolute atomic E-state index is 12.7. The maximum Gasteiger partial charge on any atom is 0.261 e. The molecule has 0 atom stereocenters. The summed E-state index contributed by atoms with van der Waals surface area (Å²) in [4.78, 5) is 26.8. The molecule has 3 aliphatic rings. The summed E-state index contributed by atoms with van der Waals surface area (Å²) in [7, 11) is 0. The number of imide groups is 1. The lowest BCUT2D eigenvalue weighted by Crippen LogP contribution is -2.31. The van der Waals surface area contributed by atoms with E-state index in [0.29, 0.717) is 5.69 Å². The molecule has 0 saturated heterocycles. The number of hydrogen-bond donors (Lipinski definition) is 0. The van der Waals surface area contributed by atoms with Crippen LogP contribution in [0.25, 0.3) is 11.1 Å². The average Bonchev–Trinajstić information content (AvgIpc) is 3.10. The number of fused-ring (bicyclic) bond motifs is 3. The smallest absolute Gasteiger partial charge is 0.261 e. The molecule has 1 heterocycles. The first-order valence-electron chi connectivity index (χ1n) is 8.56. The van der Waals surface area contributed by atoms with Crippen molar-refractivity contribution in [2.45, 2.75) is 32.1 Å². The van der Waals surface area contributed by atoms with Gasteiger partial charge in [-0.3, -0.25) is 9.59 Å². The summed E-state index contributed by atoms with van der Waals surface area (Å²) in [6.07, 6.45) is 4.36. The Labute approximate surface area is 140 Å². The van der Waals surface area contributed by atoms with Crippen molar-refractivity contribution < 1.29 is 9.59 Å². The van der Waals surface area contributed by atoms with Crippen LogP contribution in [0.3, 0.4) is 0 Å². The van der Waals surface area contributed by atoms with Crippen LogP contribution in [0.15, 0.2) is 53.6 Å². The van der Waals surface area contributed by atoms with Crippen molar-refractivity contribution in [1.29, 1.82) is 0 Å². The van der Waals surface area contributed by atoms with Gasteiger partial charge in [0.15, 0.2) is 0 Å². The normalized spacial score (nSPS) is 18.8. The van der Waals surface area contributed by atoms with Crippen LogP contribution in [-0.2, 0) is 16.0 Å². The van der Waals surface area contributed by atoms with E-state index >= 15 is 0 Å². The number of carbonyl (C=O) groups excluding carboxylic acids is 2. The van der Waals surface area contributed by atoms with Crippen LogP contribution < -0.4 is 4.90 Å². The molecule has 0 saturated carbocycles. The van der Waals surface area contributed by atoms with Gasteiger partial charge in [-0.1, -0.05) is 30.3 Å². The molecule has 24 heavy (non-hydrogen) atoms. The maximum atomic E-state index is 12.7. The van der Waals surface area contributed by atoms with E-state index in [1.165, 1.54) is 27.2 Å². The number of benzene rings is 2. The van der Waals surface area contributed by atoms with Crippen LogP contribution in [0.5, 0.6) is 0 Å². The third kappa shape index (κ3) is 1.78. The van der Waals surface area contributed by atoms with E-state index in [-0.39, 0.29) is 11.8 Å². The Hall–Kier alpha value is -2.68. The average molecular weight is 315 g/mol. The Bertz CT molecular complexity index is 911. The molecule has 0 fully saturated rings. The zero-order valence-corrected chi connectivity index (χ0v) is 13.3. The number of hydrogen-bond acceptors (Lipinski definition) is 2. The molecule has 2 aliphatic carbocycles. The number of rotatable bonds is 1. The summed E-state index contributed by atoms with van der Waals surface area (Å²) in [5.41, 5.74) is 7.18. The molecular weight excluding hydrogens is 298 g/mol. The van der Waals surface area contributed by atoms with Gasteiger partial charge in [-0.05, 0) is 66.5 Å². The predicted molar refractivity (Wildman–Crippen MR) is 92.7 cm³/mol. The number of amides is 2. The fraction of sp³-hybridized carbons (Fsp3) is 0.238. The molecule has 3 heteroatoms. The highest BCUT2D eigenvalue weighted by Gasteiger charge is 2.39. The summed E-state index contributed by atoms with van der Waals surface area (Å²) in [6.45, 7) is 0. The monoisotopic (exact) mass is 315 g/mol. The van der Waals surface area contributed by atoms with Crippen molar-refractivity contribution in [3.05, 3.63) is 64.7 Å². The Morgan fingerprint density at radius 3 is 2.17 bits per heavy atom. The second-order valence-corrected chi connectivity index (χ2v) is 6.79. The van der Waals surface area contributed by atoms with E-state index in [4.69, 9.17) is 0 Å². The van der Waals surface area contributed by atoms with Gasteiger partial charge in [-0.25, -0.2) is 4.90 Å². The first-order chi connectivity index (χ1) is 11.7. The summed E-state index contributed by atoms with van der Waals surface area (Å²) < 4.78 is 0. The number of nitrogens with zero attached hydrogens (tertiary/aromatic N) is 1. The quantitative estimate of drug-likeness (QED) is 0.637. The highest BCUT2D eigenvalue weighted by Crippen LogP contribution is 2.40. The molecule has 0 bridgehead atoms. The molecule has 118 valence electrons. The van der Waals surface area contributed by atoms with Crippen molar-refractivity contribution in [2.24, 2.45) is 0 Å². The SMILES string of the molecule is O=C1C2=C(CCCC2)C(=O)N1c1ccc2c(c1)Cc1ccccc1-2. The van der Waals surface area contributed by atoms with Gasteiger partial charge in [0.1, 0.15) is 0 Å². The molecule has 2 aromatic rings. The molecule has 3 nitrogen and oxygen atoms in total. The fourth-order valence-electron chi connectivity index (χ4n) is 4.24. The summed E-state index contributed by atoms with van der Waals surface area (Å²) >= 11 is 0. The second kappa shape index (κ2) is 4.91. The third-order valence-corrected chi connectivity index (χ3v) is 5.43. The summed E-state index contributed by atoms with van der Waals surface area (Å²) in [5, 5.41) is 0. The lowest BCUT2D eigenvalue weighted by Gasteiger charge is -2.16. The largest absolute Gasteiger partial charge is 0.269 e. The first-order valence-corrected chi connectivity index (χ1v) is 8.56. The van der Waals surface area contributed by atoms with E-state index in [2.05, 4.69) is 18.2 Å². The highest BCUT2D eigenvalue weighted by molar-refractivity contribution is 6.33. The molecule has 0 aromatic heterocycles. The van der Waals surface area contributed by atoms with Crippen molar-refractivity contribution in [2.75, 3.05) is 4.90 Å². The Morgan fingerprint density at radius 2 is 1.42 bits per heavy atom. The van der Waals surface area contributed by atoms with E-state index < -0.39 is 0 Å². The van der Waals surface area contributed by atoms with Crippen molar-refractivity contribution in [3.8, 4) is 11.1 Å². The lowest BCUT2D eigenvalue weighted by molar-refractivity contribution is -0.120. The summed E-state index contributed by atoms with van der Waals surface area (Å²) in [6, 6.07) is 14.4. The standard InChI is InChI=1S/C21H17NO2/c23-20-18-7-3-4-8-19(18)21(24)22(20)15-9-10-17-14(12-15)11-13-5-1-2-6-16(13)17/h1-2,5-6,9-10,12H,3-4,7-8,11H2. The molecule has 1 aliphatic heterocycles. The predicted octanol–water partition coefficient (Wildman–Crippen LogP) is 4.00. The van der Waals surface area contributed by atoms with Gasteiger partial charge in [0.25, 0.3) is 11.8 Å². The van der Waals surface area contributed by atoms with Crippen LogP contribution in [0.1, 0.15) is 36.8 Å². The number of anilines is 1. The Kier molecular flexibility index (Phi) is 2.81.